The Morgan fingerprint density at radius 3 is 2.69 bits per heavy atom. The maximum Gasteiger partial charge on any atom is 0.238 e. The van der Waals surface area contributed by atoms with E-state index >= 15 is 0 Å². The van der Waals surface area contributed by atoms with Crippen molar-refractivity contribution in [2.45, 2.75) is 36.9 Å². The Morgan fingerprint density at radius 1 is 1.56 bits per heavy atom. The maximum atomic E-state index is 11.3. The molecule has 0 aromatic carbocycles. The van der Waals surface area contributed by atoms with Crippen LogP contribution in [-0.2, 0) is 22.5 Å². The van der Waals surface area contributed by atoms with Gasteiger partial charge in [-0.25, -0.2) is 8.42 Å². The summed E-state index contributed by atoms with van der Waals surface area (Å²) in [6.07, 6.45) is 7.56. The van der Waals surface area contributed by atoms with Crippen molar-refractivity contribution in [3.05, 3.63) is 18.0 Å². The quantitative estimate of drug-likeness (QED) is 0.761. The predicted octanol–water partition coefficient (Wildman–Crippen LogP) is 1.84. The molecule has 1 fully saturated rings. The maximum absolute atomic E-state index is 11.3. The van der Waals surface area contributed by atoms with E-state index < -0.39 is 13.8 Å². The lowest BCUT2D eigenvalue weighted by Crippen LogP contribution is -2.17. The van der Waals surface area contributed by atoms with Crippen LogP contribution in [0.4, 0.5) is 0 Å². The van der Waals surface area contributed by atoms with E-state index in [1.165, 1.54) is 0 Å². The normalized spacial score (nSPS) is 18.6. The monoisotopic (exact) mass is 262 g/mol. The van der Waals surface area contributed by atoms with Crippen LogP contribution in [0.15, 0.2) is 12.4 Å². The molecule has 0 unspecified atom stereocenters. The van der Waals surface area contributed by atoms with Gasteiger partial charge in [0, 0.05) is 23.9 Å². The third kappa shape index (κ3) is 2.40. The summed E-state index contributed by atoms with van der Waals surface area (Å²) in [5, 5.41) is 4.07. The molecule has 1 aliphatic carbocycles. The molecule has 16 heavy (non-hydrogen) atoms. The highest BCUT2D eigenvalue weighted by Crippen LogP contribution is 2.49. The van der Waals surface area contributed by atoms with Crippen LogP contribution in [-0.4, -0.2) is 22.9 Å². The van der Waals surface area contributed by atoms with Gasteiger partial charge in [0.05, 0.1) is 10.9 Å². The van der Waals surface area contributed by atoms with Crippen molar-refractivity contribution in [1.29, 1.82) is 0 Å². The third-order valence-electron chi connectivity index (χ3n) is 3.18. The molecule has 0 aliphatic heterocycles. The molecule has 0 bridgehead atoms. The van der Waals surface area contributed by atoms with Crippen molar-refractivity contribution in [1.82, 2.24) is 9.78 Å². The van der Waals surface area contributed by atoms with E-state index in [0.29, 0.717) is 19.3 Å². The molecule has 2 rings (SSSR count). The Balaban J connectivity index is 1.85. The number of aromatic nitrogens is 2. The van der Waals surface area contributed by atoms with Crippen molar-refractivity contribution < 1.29 is 8.42 Å². The molecular formula is C10H15ClN2O2S. The highest BCUT2D eigenvalue weighted by molar-refractivity contribution is 8.15. The molecule has 0 N–H and O–H groups in total. The number of rotatable bonds is 5. The molecule has 1 heterocycles. The third-order valence-corrected chi connectivity index (χ3v) is 5.81. The molecule has 0 spiro atoms. The minimum absolute atomic E-state index is 0.614. The zero-order valence-electron chi connectivity index (χ0n) is 9.19. The summed E-state index contributed by atoms with van der Waals surface area (Å²) in [6.45, 7) is 0. The Morgan fingerprint density at radius 2 is 2.25 bits per heavy atom. The molecule has 1 saturated carbocycles. The van der Waals surface area contributed by atoms with Gasteiger partial charge in [-0.05, 0) is 37.7 Å². The lowest BCUT2D eigenvalue weighted by atomic mass is 10.1. The first-order valence-corrected chi connectivity index (χ1v) is 7.66. The van der Waals surface area contributed by atoms with Gasteiger partial charge in [-0.15, -0.1) is 0 Å². The second-order valence-corrected chi connectivity index (χ2v) is 7.46. The Bertz CT molecular complexity index is 477. The van der Waals surface area contributed by atoms with Crippen molar-refractivity contribution in [3.8, 4) is 0 Å². The number of hydrogen-bond acceptors (Lipinski definition) is 3. The molecule has 0 radical (unpaired) electrons. The number of hydrogen-bond donors (Lipinski definition) is 0. The molecule has 6 heteroatoms. The van der Waals surface area contributed by atoms with Crippen molar-refractivity contribution in [2.24, 2.45) is 7.05 Å². The van der Waals surface area contributed by atoms with Gasteiger partial charge in [-0.3, -0.25) is 4.68 Å². The van der Waals surface area contributed by atoms with Gasteiger partial charge in [0.2, 0.25) is 9.05 Å². The van der Waals surface area contributed by atoms with Crippen molar-refractivity contribution in [2.75, 3.05) is 0 Å². The number of halogens is 1. The average Bonchev–Trinajstić information content (AvgIpc) is 2.85. The predicted molar refractivity (Wildman–Crippen MR) is 62.9 cm³/mol. The van der Waals surface area contributed by atoms with Gasteiger partial charge in [0.25, 0.3) is 0 Å². The van der Waals surface area contributed by atoms with Crippen molar-refractivity contribution in [3.63, 3.8) is 0 Å². The first-order valence-electron chi connectivity index (χ1n) is 5.35. The van der Waals surface area contributed by atoms with E-state index in [1.807, 2.05) is 19.4 Å². The first-order chi connectivity index (χ1) is 7.43. The summed E-state index contributed by atoms with van der Waals surface area (Å²) in [5.41, 5.74) is 1.14. The van der Waals surface area contributed by atoms with Crippen LogP contribution in [0.3, 0.4) is 0 Å². The molecule has 0 amide bonds. The van der Waals surface area contributed by atoms with Gasteiger partial charge in [0.1, 0.15) is 0 Å². The summed E-state index contributed by atoms with van der Waals surface area (Å²) in [7, 11) is 3.91. The molecule has 0 saturated heterocycles. The highest BCUT2D eigenvalue weighted by Gasteiger charge is 2.52. The van der Waals surface area contributed by atoms with E-state index in [1.54, 1.807) is 4.68 Å². The van der Waals surface area contributed by atoms with Crippen LogP contribution in [0, 0.1) is 0 Å². The fraction of sp³-hybridized carbons (Fsp3) is 0.700. The fourth-order valence-electron chi connectivity index (χ4n) is 1.97. The average molecular weight is 263 g/mol. The zero-order valence-corrected chi connectivity index (χ0v) is 10.8. The van der Waals surface area contributed by atoms with Gasteiger partial charge in [0.15, 0.2) is 0 Å². The second-order valence-electron chi connectivity index (χ2n) is 4.50. The fourth-order valence-corrected chi connectivity index (χ4v) is 3.64. The van der Waals surface area contributed by atoms with Crippen LogP contribution in [0.1, 0.15) is 31.2 Å². The standard InChI is InChI=1S/C10H15ClN2O2S/c1-13-8-9(7-12-13)3-2-4-10(5-6-10)16(11,14)15/h7-8H,2-6H2,1H3. The molecule has 1 aromatic heterocycles. The van der Waals surface area contributed by atoms with E-state index in [-0.39, 0.29) is 0 Å². The highest BCUT2D eigenvalue weighted by atomic mass is 35.7. The van der Waals surface area contributed by atoms with E-state index in [9.17, 15) is 8.42 Å². The molecular weight excluding hydrogens is 248 g/mol. The van der Waals surface area contributed by atoms with Crippen molar-refractivity contribution >= 4 is 19.7 Å². The number of nitrogens with zero attached hydrogens (tertiary/aromatic N) is 2. The van der Waals surface area contributed by atoms with Gasteiger partial charge >= 0.3 is 0 Å². The summed E-state index contributed by atoms with van der Waals surface area (Å²) >= 11 is 0. The van der Waals surface area contributed by atoms with Crippen LogP contribution >= 0.6 is 10.7 Å². The van der Waals surface area contributed by atoms with E-state index in [0.717, 1.165) is 18.4 Å². The SMILES string of the molecule is Cn1cc(CCCC2(S(=O)(=O)Cl)CC2)cn1. The molecule has 1 aromatic rings. The lowest BCUT2D eigenvalue weighted by Gasteiger charge is -2.09. The summed E-state index contributed by atoms with van der Waals surface area (Å²) < 4.78 is 23.8. The molecule has 4 nitrogen and oxygen atoms in total. The van der Waals surface area contributed by atoms with Crippen LogP contribution in [0.5, 0.6) is 0 Å². The minimum atomic E-state index is -3.39. The summed E-state index contributed by atoms with van der Waals surface area (Å²) in [6, 6.07) is 0. The zero-order chi connectivity index (χ0) is 11.8. The Hall–Kier alpha value is -0.550. The summed E-state index contributed by atoms with van der Waals surface area (Å²) in [4.78, 5) is 0. The number of aryl methyl sites for hydroxylation is 2. The van der Waals surface area contributed by atoms with Crippen LogP contribution in [0.2, 0.25) is 0 Å². The van der Waals surface area contributed by atoms with E-state index in [4.69, 9.17) is 10.7 Å². The second kappa shape index (κ2) is 4.04. The lowest BCUT2D eigenvalue weighted by molar-refractivity contribution is 0.575. The van der Waals surface area contributed by atoms with Crippen LogP contribution < -0.4 is 0 Å². The topological polar surface area (TPSA) is 52.0 Å². The van der Waals surface area contributed by atoms with Gasteiger partial charge < -0.3 is 0 Å². The Kier molecular flexibility index (Phi) is 3.01. The van der Waals surface area contributed by atoms with Crippen LogP contribution in [0.25, 0.3) is 0 Å². The summed E-state index contributed by atoms with van der Waals surface area (Å²) in [5.74, 6) is 0. The molecule has 1 aliphatic rings. The smallest absolute Gasteiger partial charge is 0.238 e. The minimum Gasteiger partial charge on any atom is -0.276 e. The largest absolute Gasteiger partial charge is 0.276 e. The first kappa shape index (κ1) is 11.9. The van der Waals surface area contributed by atoms with E-state index in [2.05, 4.69) is 5.10 Å². The molecule has 90 valence electrons. The Labute approximate surface area is 100 Å². The van der Waals surface area contributed by atoms with Gasteiger partial charge in [-0.1, -0.05) is 0 Å². The van der Waals surface area contributed by atoms with Gasteiger partial charge in [-0.2, -0.15) is 5.10 Å². The molecule has 0 atom stereocenters.